The van der Waals surface area contributed by atoms with Crippen LogP contribution in [-0.4, -0.2) is 73.2 Å². The number of hydrogen-bond acceptors (Lipinski definition) is 8. The lowest BCUT2D eigenvalue weighted by atomic mass is 10.0. The number of unbranched alkanes of at least 4 members (excludes halogenated alkanes) is 1. The molecule has 38 heavy (non-hydrogen) atoms. The van der Waals surface area contributed by atoms with E-state index in [0.29, 0.717) is 24.7 Å². The topological polar surface area (TPSA) is 92.6 Å². The first kappa shape index (κ1) is 27.4. The van der Waals surface area contributed by atoms with Crippen LogP contribution in [-0.2, 0) is 4.74 Å². The van der Waals surface area contributed by atoms with Gasteiger partial charge in [-0.05, 0) is 37.7 Å². The maximum Gasteiger partial charge on any atom is 0.162 e. The molecule has 0 saturated heterocycles. The maximum atomic E-state index is 10.1. The predicted octanol–water partition coefficient (Wildman–Crippen LogP) is 4.57. The molecular formula is C30H37N5O3. The van der Waals surface area contributed by atoms with Gasteiger partial charge in [0.25, 0.3) is 0 Å². The minimum atomic E-state index is -0.595. The number of fused-ring (bicyclic) bond motifs is 1. The van der Waals surface area contributed by atoms with Crippen molar-refractivity contribution >= 4 is 16.7 Å². The standard InChI is InChI=1S/C30H37N5O3/c1-4-5-15-35(16-17-37-3)29-19-28(26-11-7-13-27-25(26)12-8-14-32-27)33-30(34-29)22-9-6-10-24(18-22)38-21-23(36)20-31-2/h6-14,18-19,23,31,36H,4-5,15-17,20-21H2,1-3H3. The van der Waals surface area contributed by atoms with Gasteiger partial charge >= 0.3 is 0 Å². The fourth-order valence-electron chi connectivity index (χ4n) is 4.29. The van der Waals surface area contributed by atoms with Crippen molar-refractivity contribution in [2.75, 3.05) is 51.9 Å². The maximum absolute atomic E-state index is 10.1. The summed E-state index contributed by atoms with van der Waals surface area (Å²) in [4.78, 5) is 16.8. The van der Waals surface area contributed by atoms with E-state index < -0.39 is 6.10 Å². The van der Waals surface area contributed by atoms with Gasteiger partial charge in [0, 0.05) is 55.5 Å². The quantitative estimate of drug-likeness (QED) is 0.252. The third kappa shape index (κ3) is 7.04. The van der Waals surface area contributed by atoms with Crippen molar-refractivity contribution in [3.05, 3.63) is 66.9 Å². The van der Waals surface area contributed by atoms with Crippen molar-refractivity contribution in [3.8, 4) is 28.4 Å². The molecule has 0 fully saturated rings. The first-order chi connectivity index (χ1) is 18.6. The van der Waals surface area contributed by atoms with Gasteiger partial charge in [-0.3, -0.25) is 4.98 Å². The van der Waals surface area contributed by atoms with Crippen LogP contribution in [0.3, 0.4) is 0 Å². The van der Waals surface area contributed by atoms with Gasteiger partial charge < -0.3 is 24.8 Å². The van der Waals surface area contributed by atoms with Crippen LogP contribution < -0.4 is 15.0 Å². The van der Waals surface area contributed by atoms with E-state index in [9.17, 15) is 5.11 Å². The van der Waals surface area contributed by atoms with Crippen LogP contribution in [0.15, 0.2) is 66.9 Å². The van der Waals surface area contributed by atoms with Crippen molar-refractivity contribution < 1.29 is 14.6 Å². The molecule has 0 saturated carbocycles. The van der Waals surface area contributed by atoms with E-state index in [-0.39, 0.29) is 6.61 Å². The number of pyridine rings is 1. The van der Waals surface area contributed by atoms with Crippen LogP contribution >= 0.6 is 0 Å². The van der Waals surface area contributed by atoms with Crippen molar-refractivity contribution in [1.82, 2.24) is 20.3 Å². The van der Waals surface area contributed by atoms with E-state index in [1.54, 1.807) is 20.4 Å². The Balaban J connectivity index is 1.78. The van der Waals surface area contributed by atoms with E-state index in [1.807, 2.05) is 42.5 Å². The highest BCUT2D eigenvalue weighted by molar-refractivity contribution is 5.94. The Labute approximate surface area is 224 Å². The summed E-state index contributed by atoms with van der Waals surface area (Å²) in [6.07, 6.45) is 3.35. The van der Waals surface area contributed by atoms with E-state index >= 15 is 0 Å². The number of aromatic nitrogens is 3. The molecule has 1 atom stereocenters. The summed E-state index contributed by atoms with van der Waals surface area (Å²) >= 11 is 0. The highest BCUT2D eigenvalue weighted by Crippen LogP contribution is 2.31. The molecule has 1 unspecified atom stereocenters. The molecule has 2 aromatic carbocycles. The largest absolute Gasteiger partial charge is 0.491 e. The molecule has 0 amide bonds. The average Bonchev–Trinajstić information content (AvgIpc) is 2.96. The van der Waals surface area contributed by atoms with Crippen LogP contribution in [0.25, 0.3) is 33.5 Å². The number of aliphatic hydroxyl groups excluding tert-OH is 1. The van der Waals surface area contributed by atoms with Crippen LogP contribution in [0, 0.1) is 0 Å². The van der Waals surface area contributed by atoms with Gasteiger partial charge in [0.15, 0.2) is 5.82 Å². The van der Waals surface area contributed by atoms with Gasteiger partial charge in [0.05, 0.1) is 17.8 Å². The number of methoxy groups -OCH3 is 1. The van der Waals surface area contributed by atoms with Gasteiger partial charge in [-0.2, -0.15) is 0 Å². The molecule has 0 radical (unpaired) electrons. The second-order valence-electron chi connectivity index (χ2n) is 9.19. The molecule has 0 aliphatic carbocycles. The molecule has 2 aromatic heterocycles. The Morgan fingerprint density at radius 2 is 1.89 bits per heavy atom. The minimum absolute atomic E-state index is 0.196. The number of nitrogens with zero attached hydrogens (tertiary/aromatic N) is 4. The van der Waals surface area contributed by atoms with E-state index in [0.717, 1.165) is 59.5 Å². The van der Waals surface area contributed by atoms with Crippen LogP contribution in [0.1, 0.15) is 19.8 Å². The molecule has 200 valence electrons. The molecule has 8 heteroatoms. The van der Waals surface area contributed by atoms with E-state index in [2.05, 4.69) is 40.3 Å². The Morgan fingerprint density at radius 1 is 1.03 bits per heavy atom. The van der Waals surface area contributed by atoms with Gasteiger partial charge in [-0.1, -0.05) is 43.7 Å². The monoisotopic (exact) mass is 515 g/mol. The fourth-order valence-corrected chi connectivity index (χ4v) is 4.29. The highest BCUT2D eigenvalue weighted by Gasteiger charge is 2.16. The number of rotatable bonds is 14. The zero-order valence-electron chi connectivity index (χ0n) is 22.4. The first-order valence-electron chi connectivity index (χ1n) is 13.2. The highest BCUT2D eigenvalue weighted by atomic mass is 16.5. The fraction of sp³-hybridized carbons (Fsp3) is 0.367. The number of likely N-dealkylation sites (N-methyl/N-ethyl adjacent to an activating group) is 1. The Morgan fingerprint density at radius 3 is 2.71 bits per heavy atom. The van der Waals surface area contributed by atoms with Crippen molar-refractivity contribution in [2.45, 2.75) is 25.9 Å². The summed E-state index contributed by atoms with van der Waals surface area (Å²) in [6, 6.07) is 19.9. The Hall–Kier alpha value is -3.59. The normalized spacial score (nSPS) is 12.0. The lowest BCUT2D eigenvalue weighted by Crippen LogP contribution is -2.29. The molecule has 0 bridgehead atoms. The molecular weight excluding hydrogens is 478 g/mol. The minimum Gasteiger partial charge on any atom is -0.491 e. The molecule has 0 spiro atoms. The Kier molecular flexibility index (Phi) is 9.97. The lowest BCUT2D eigenvalue weighted by molar-refractivity contribution is 0.108. The van der Waals surface area contributed by atoms with Crippen LogP contribution in [0.4, 0.5) is 5.82 Å². The van der Waals surface area contributed by atoms with Crippen LogP contribution in [0.2, 0.25) is 0 Å². The summed E-state index contributed by atoms with van der Waals surface area (Å²) < 4.78 is 11.3. The summed E-state index contributed by atoms with van der Waals surface area (Å²) in [5.74, 6) is 2.12. The number of aliphatic hydroxyl groups is 1. The summed E-state index contributed by atoms with van der Waals surface area (Å²) in [5.41, 5.74) is 3.60. The number of ether oxygens (including phenoxy) is 2. The molecule has 0 aliphatic rings. The lowest BCUT2D eigenvalue weighted by Gasteiger charge is -2.24. The van der Waals surface area contributed by atoms with Crippen molar-refractivity contribution in [3.63, 3.8) is 0 Å². The first-order valence-corrected chi connectivity index (χ1v) is 13.2. The third-order valence-corrected chi connectivity index (χ3v) is 6.28. The van der Waals surface area contributed by atoms with Gasteiger partial charge in [-0.15, -0.1) is 0 Å². The van der Waals surface area contributed by atoms with Crippen molar-refractivity contribution in [1.29, 1.82) is 0 Å². The molecule has 2 N–H and O–H groups in total. The summed E-state index contributed by atoms with van der Waals surface area (Å²) in [6.45, 7) is 5.06. The van der Waals surface area contributed by atoms with Crippen molar-refractivity contribution in [2.24, 2.45) is 0 Å². The number of hydrogen-bond donors (Lipinski definition) is 2. The number of nitrogens with one attached hydrogen (secondary N) is 1. The summed E-state index contributed by atoms with van der Waals surface area (Å²) in [7, 11) is 3.52. The second-order valence-corrected chi connectivity index (χ2v) is 9.19. The molecule has 8 nitrogen and oxygen atoms in total. The second kappa shape index (κ2) is 13.8. The average molecular weight is 516 g/mol. The molecule has 2 heterocycles. The molecule has 0 aliphatic heterocycles. The van der Waals surface area contributed by atoms with Gasteiger partial charge in [0.2, 0.25) is 0 Å². The van der Waals surface area contributed by atoms with Gasteiger partial charge in [-0.25, -0.2) is 9.97 Å². The predicted molar refractivity (Wildman–Crippen MR) is 153 cm³/mol. The Bertz CT molecular complexity index is 1300. The smallest absolute Gasteiger partial charge is 0.162 e. The SMILES string of the molecule is CCCCN(CCOC)c1cc(-c2cccc3ncccc23)nc(-c2cccc(OCC(O)CNC)c2)n1. The molecule has 4 rings (SSSR count). The van der Waals surface area contributed by atoms with Gasteiger partial charge in [0.1, 0.15) is 24.3 Å². The number of benzene rings is 2. The number of anilines is 1. The van der Waals surface area contributed by atoms with E-state index in [1.165, 1.54) is 0 Å². The molecule has 4 aromatic rings. The van der Waals surface area contributed by atoms with E-state index in [4.69, 9.17) is 19.4 Å². The zero-order chi connectivity index (χ0) is 26.7. The third-order valence-electron chi connectivity index (χ3n) is 6.28. The van der Waals surface area contributed by atoms with Crippen LogP contribution in [0.5, 0.6) is 5.75 Å². The zero-order valence-corrected chi connectivity index (χ0v) is 22.4. The summed E-state index contributed by atoms with van der Waals surface area (Å²) in [5, 5.41) is 14.0.